The third-order valence-corrected chi connectivity index (χ3v) is 6.50. The second kappa shape index (κ2) is 3.53. The molecule has 2 aliphatic heterocycles. The van der Waals surface area contributed by atoms with E-state index in [1.54, 1.807) is 0 Å². The summed E-state index contributed by atoms with van der Waals surface area (Å²) in [7, 11) is 0. The molecule has 2 nitrogen and oxygen atoms in total. The highest BCUT2D eigenvalue weighted by Gasteiger charge is 2.64. The van der Waals surface area contributed by atoms with Crippen molar-refractivity contribution in [3.8, 4) is 0 Å². The molecule has 1 spiro atoms. The largest absolute Gasteiger partial charge is 0.353 e. The van der Waals surface area contributed by atoms with Crippen LogP contribution in [0.15, 0.2) is 11.1 Å². The van der Waals surface area contributed by atoms with Crippen LogP contribution >= 0.6 is 11.6 Å². The van der Waals surface area contributed by atoms with Gasteiger partial charge in [-0.1, -0.05) is 31.0 Å². The standard InChI is InChI=1S/C15H20ClNO/c1-8-11(16)7-10-12-4-2-3-9(14(18)17-12)13(8)15(10)5-6-15/h7-10,12-13H,2-6H2,1H3,(H,17,18)/t8-,9-,10+,12+,13-/m1/s1. The molecule has 0 aromatic heterocycles. The van der Waals surface area contributed by atoms with Crippen molar-refractivity contribution in [2.24, 2.45) is 29.1 Å². The van der Waals surface area contributed by atoms with Crippen molar-refractivity contribution in [1.82, 2.24) is 5.32 Å². The molecular weight excluding hydrogens is 246 g/mol. The van der Waals surface area contributed by atoms with Crippen LogP contribution in [-0.4, -0.2) is 11.9 Å². The SMILES string of the molecule is C[C@@H]1C(Cl)=C[C@H]2[C@@H]3CCC[C@@H](C(=O)N3)[C@@H]1C21CC1. The third-order valence-electron chi connectivity index (χ3n) is 6.03. The van der Waals surface area contributed by atoms with Crippen molar-refractivity contribution in [1.29, 1.82) is 0 Å². The summed E-state index contributed by atoms with van der Waals surface area (Å²) < 4.78 is 0. The molecule has 2 aliphatic carbocycles. The van der Waals surface area contributed by atoms with Gasteiger partial charge in [0.2, 0.25) is 5.91 Å². The molecule has 1 N–H and O–H groups in total. The van der Waals surface area contributed by atoms with Crippen LogP contribution in [0.1, 0.15) is 39.0 Å². The number of carbonyl (C=O) groups is 1. The quantitative estimate of drug-likeness (QED) is 0.717. The van der Waals surface area contributed by atoms with Gasteiger partial charge in [0.25, 0.3) is 0 Å². The lowest BCUT2D eigenvalue weighted by Crippen LogP contribution is -2.42. The van der Waals surface area contributed by atoms with Gasteiger partial charge >= 0.3 is 0 Å². The monoisotopic (exact) mass is 265 g/mol. The molecular formula is C15H20ClNO. The number of nitrogens with one attached hydrogen (secondary N) is 1. The van der Waals surface area contributed by atoms with Crippen molar-refractivity contribution in [3.05, 3.63) is 11.1 Å². The zero-order valence-electron chi connectivity index (χ0n) is 10.8. The molecule has 0 unspecified atom stereocenters. The van der Waals surface area contributed by atoms with Crippen molar-refractivity contribution in [2.45, 2.75) is 45.1 Å². The van der Waals surface area contributed by atoms with E-state index in [9.17, 15) is 4.79 Å². The summed E-state index contributed by atoms with van der Waals surface area (Å²) in [6, 6.07) is 0.344. The second-order valence-electron chi connectivity index (χ2n) is 6.78. The van der Waals surface area contributed by atoms with E-state index < -0.39 is 0 Å². The van der Waals surface area contributed by atoms with Crippen molar-refractivity contribution in [2.75, 3.05) is 0 Å². The fourth-order valence-corrected chi connectivity index (χ4v) is 5.39. The smallest absolute Gasteiger partial charge is 0.223 e. The summed E-state index contributed by atoms with van der Waals surface area (Å²) in [6.45, 7) is 2.22. The lowest BCUT2D eigenvalue weighted by atomic mass is 9.60. The molecule has 18 heavy (non-hydrogen) atoms. The second-order valence-corrected chi connectivity index (χ2v) is 7.21. The molecule has 1 saturated carbocycles. The van der Waals surface area contributed by atoms with E-state index in [4.69, 9.17) is 11.6 Å². The number of hydrogen-bond acceptors (Lipinski definition) is 1. The number of fused-ring (bicyclic) bond motifs is 5. The molecule has 0 aromatic rings. The number of allylic oxidation sites excluding steroid dienone is 1. The molecule has 0 aromatic carbocycles. The molecule has 0 radical (unpaired) electrons. The predicted octanol–water partition coefficient (Wildman–Crippen LogP) is 3.07. The van der Waals surface area contributed by atoms with Gasteiger partial charge in [-0.25, -0.2) is 0 Å². The lowest BCUT2D eigenvalue weighted by Gasteiger charge is -2.44. The van der Waals surface area contributed by atoms with Gasteiger partial charge in [0, 0.05) is 22.9 Å². The highest BCUT2D eigenvalue weighted by Crippen LogP contribution is 2.68. The fourth-order valence-electron chi connectivity index (χ4n) is 5.12. The molecule has 98 valence electrons. The minimum absolute atomic E-state index is 0.208. The number of amides is 1. The number of carbonyl (C=O) groups excluding carboxylic acids is 1. The molecule has 4 rings (SSSR count). The van der Waals surface area contributed by atoms with Crippen LogP contribution in [-0.2, 0) is 4.79 Å². The van der Waals surface area contributed by atoms with Gasteiger partial charge < -0.3 is 5.32 Å². The van der Waals surface area contributed by atoms with E-state index in [-0.39, 0.29) is 5.92 Å². The highest BCUT2D eigenvalue weighted by molar-refractivity contribution is 6.30. The number of rotatable bonds is 0. The van der Waals surface area contributed by atoms with Gasteiger partial charge in [0.1, 0.15) is 0 Å². The first-order chi connectivity index (χ1) is 8.63. The van der Waals surface area contributed by atoms with Crippen molar-refractivity contribution in [3.63, 3.8) is 0 Å². The first-order valence-electron chi connectivity index (χ1n) is 7.31. The van der Waals surface area contributed by atoms with Gasteiger partial charge in [-0.15, -0.1) is 0 Å². The van der Waals surface area contributed by atoms with Gasteiger partial charge in [-0.2, -0.15) is 0 Å². The summed E-state index contributed by atoms with van der Waals surface area (Å²) in [5, 5.41) is 4.32. The fraction of sp³-hybridized carbons (Fsp3) is 0.800. The van der Waals surface area contributed by atoms with Gasteiger partial charge in [-0.3, -0.25) is 4.79 Å². The Bertz CT molecular complexity index is 440. The molecule has 3 heteroatoms. The molecule has 2 heterocycles. The zero-order valence-corrected chi connectivity index (χ0v) is 11.5. The minimum atomic E-state index is 0.208. The van der Waals surface area contributed by atoms with Gasteiger partial charge in [0.05, 0.1) is 0 Å². The van der Waals surface area contributed by atoms with E-state index in [2.05, 4.69) is 18.3 Å². The predicted molar refractivity (Wildman–Crippen MR) is 71.0 cm³/mol. The summed E-state index contributed by atoms with van der Waals surface area (Å²) >= 11 is 6.48. The first kappa shape index (κ1) is 11.3. The summed E-state index contributed by atoms with van der Waals surface area (Å²) in [4.78, 5) is 12.4. The Morgan fingerprint density at radius 2 is 2.17 bits per heavy atom. The molecule has 4 bridgehead atoms. The Balaban J connectivity index is 1.90. The van der Waals surface area contributed by atoms with E-state index in [1.807, 2.05) is 0 Å². The summed E-state index contributed by atoms with van der Waals surface area (Å²) in [5.74, 6) is 1.88. The summed E-state index contributed by atoms with van der Waals surface area (Å²) in [6.07, 6.45) is 8.28. The summed E-state index contributed by atoms with van der Waals surface area (Å²) in [5.41, 5.74) is 0.409. The average Bonchev–Trinajstić information content (AvgIpc) is 3.12. The van der Waals surface area contributed by atoms with Crippen LogP contribution in [0.2, 0.25) is 0 Å². The van der Waals surface area contributed by atoms with Crippen molar-refractivity contribution >= 4 is 17.5 Å². The minimum Gasteiger partial charge on any atom is -0.353 e. The Kier molecular flexibility index (Phi) is 2.22. The normalized spacial score (nSPS) is 48.2. The van der Waals surface area contributed by atoms with Crippen LogP contribution in [0.3, 0.4) is 0 Å². The van der Waals surface area contributed by atoms with Crippen LogP contribution in [0.4, 0.5) is 0 Å². The Morgan fingerprint density at radius 3 is 2.89 bits per heavy atom. The van der Waals surface area contributed by atoms with E-state index in [0.29, 0.717) is 35.1 Å². The zero-order chi connectivity index (χ0) is 12.5. The topological polar surface area (TPSA) is 29.1 Å². The van der Waals surface area contributed by atoms with Gasteiger partial charge in [-0.05, 0) is 42.9 Å². The van der Waals surface area contributed by atoms with Crippen LogP contribution in [0.25, 0.3) is 0 Å². The first-order valence-corrected chi connectivity index (χ1v) is 7.69. The number of hydrogen-bond donors (Lipinski definition) is 1. The average molecular weight is 266 g/mol. The van der Waals surface area contributed by atoms with Crippen molar-refractivity contribution < 1.29 is 4.79 Å². The Labute approximate surface area is 113 Å². The van der Waals surface area contributed by atoms with Crippen LogP contribution in [0.5, 0.6) is 0 Å². The maximum absolute atomic E-state index is 12.4. The molecule has 2 saturated heterocycles. The third kappa shape index (κ3) is 1.28. The van der Waals surface area contributed by atoms with Crippen LogP contribution in [0, 0.1) is 29.1 Å². The lowest BCUT2D eigenvalue weighted by molar-refractivity contribution is -0.127. The maximum Gasteiger partial charge on any atom is 0.223 e. The van der Waals surface area contributed by atoms with E-state index in [0.717, 1.165) is 17.9 Å². The highest BCUT2D eigenvalue weighted by atomic mass is 35.5. The Morgan fingerprint density at radius 1 is 1.39 bits per heavy atom. The maximum atomic E-state index is 12.4. The van der Waals surface area contributed by atoms with E-state index in [1.165, 1.54) is 19.3 Å². The van der Waals surface area contributed by atoms with E-state index >= 15 is 0 Å². The molecule has 3 fully saturated rings. The molecule has 4 aliphatic rings. The molecule has 1 amide bonds. The van der Waals surface area contributed by atoms with Gasteiger partial charge in [0.15, 0.2) is 0 Å². The molecule has 5 atom stereocenters. The number of halogens is 1. The Hall–Kier alpha value is -0.500. The van der Waals surface area contributed by atoms with Crippen LogP contribution < -0.4 is 5.32 Å².